The molecule has 1 fully saturated rings. The number of aliphatic carboxylic acids is 1. The van der Waals surface area contributed by atoms with Crippen molar-refractivity contribution in [3.8, 4) is 0 Å². The van der Waals surface area contributed by atoms with Crippen LogP contribution >= 0.6 is 0 Å². The molecular formula is C15H18FNO3. The van der Waals surface area contributed by atoms with Gasteiger partial charge in [0.2, 0.25) is 0 Å². The number of carboxylic acid groups (broad SMARTS) is 1. The van der Waals surface area contributed by atoms with E-state index in [0.717, 1.165) is 24.0 Å². The minimum atomic E-state index is -0.817. The highest BCUT2D eigenvalue weighted by atomic mass is 19.1. The van der Waals surface area contributed by atoms with Crippen molar-refractivity contribution < 1.29 is 19.0 Å². The third-order valence-corrected chi connectivity index (χ3v) is 4.27. The summed E-state index contributed by atoms with van der Waals surface area (Å²) in [6, 6.07) is 5.19. The molecule has 0 bridgehead atoms. The van der Waals surface area contributed by atoms with Crippen molar-refractivity contribution in [2.45, 2.75) is 31.3 Å². The molecule has 1 saturated heterocycles. The van der Waals surface area contributed by atoms with Gasteiger partial charge in [-0.05, 0) is 30.0 Å². The van der Waals surface area contributed by atoms with E-state index in [4.69, 9.17) is 9.84 Å². The fourth-order valence-corrected chi connectivity index (χ4v) is 3.39. The van der Waals surface area contributed by atoms with Gasteiger partial charge in [-0.25, -0.2) is 4.39 Å². The summed E-state index contributed by atoms with van der Waals surface area (Å²) in [6.45, 7) is 1.75. The standard InChI is InChI=1S/C15H18FNO3/c16-13-3-1-2-12-11(13)4-5-14(12)17-6-7-20-9-10(17)8-15(18)19/h1-3,10,14H,4-9H2,(H,18,19). The van der Waals surface area contributed by atoms with E-state index >= 15 is 0 Å². The average Bonchev–Trinajstić information content (AvgIpc) is 2.84. The molecule has 20 heavy (non-hydrogen) atoms. The number of carboxylic acids is 1. The van der Waals surface area contributed by atoms with Crippen LogP contribution in [-0.2, 0) is 16.0 Å². The summed E-state index contributed by atoms with van der Waals surface area (Å²) in [4.78, 5) is 13.2. The van der Waals surface area contributed by atoms with Gasteiger partial charge in [0.1, 0.15) is 5.82 Å². The lowest BCUT2D eigenvalue weighted by atomic mass is 10.0. The molecule has 1 aliphatic heterocycles. The monoisotopic (exact) mass is 279 g/mol. The lowest BCUT2D eigenvalue weighted by Crippen LogP contribution is -2.47. The van der Waals surface area contributed by atoms with Crippen molar-refractivity contribution in [1.29, 1.82) is 0 Å². The second kappa shape index (κ2) is 5.50. The van der Waals surface area contributed by atoms with E-state index in [9.17, 15) is 9.18 Å². The predicted molar refractivity (Wildman–Crippen MR) is 71.0 cm³/mol. The van der Waals surface area contributed by atoms with E-state index in [1.165, 1.54) is 6.07 Å². The van der Waals surface area contributed by atoms with Gasteiger partial charge in [0, 0.05) is 18.6 Å². The molecule has 2 unspecified atom stereocenters. The first kappa shape index (κ1) is 13.5. The zero-order valence-corrected chi connectivity index (χ0v) is 11.2. The molecule has 3 rings (SSSR count). The molecule has 1 aromatic carbocycles. The van der Waals surface area contributed by atoms with Crippen LogP contribution in [0.1, 0.15) is 30.0 Å². The van der Waals surface area contributed by atoms with Gasteiger partial charge in [-0.1, -0.05) is 12.1 Å². The minimum absolute atomic E-state index is 0.0706. The lowest BCUT2D eigenvalue weighted by molar-refractivity contribution is -0.141. The molecule has 0 radical (unpaired) electrons. The number of nitrogens with zero attached hydrogens (tertiary/aromatic N) is 1. The largest absolute Gasteiger partial charge is 0.481 e. The summed E-state index contributed by atoms with van der Waals surface area (Å²) in [5.74, 6) is -0.962. The topological polar surface area (TPSA) is 49.8 Å². The summed E-state index contributed by atoms with van der Waals surface area (Å²) in [7, 11) is 0. The van der Waals surface area contributed by atoms with Crippen LogP contribution in [-0.4, -0.2) is 41.8 Å². The van der Waals surface area contributed by atoms with E-state index in [2.05, 4.69) is 4.90 Å². The number of fused-ring (bicyclic) bond motifs is 1. The van der Waals surface area contributed by atoms with Crippen LogP contribution in [0.25, 0.3) is 0 Å². The first-order chi connectivity index (χ1) is 9.66. The molecule has 4 nitrogen and oxygen atoms in total. The van der Waals surface area contributed by atoms with Crippen molar-refractivity contribution >= 4 is 5.97 Å². The summed E-state index contributed by atoms with van der Waals surface area (Å²) < 4.78 is 19.2. The normalized spacial score (nSPS) is 26.4. The van der Waals surface area contributed by atoms with Gasteiger partial charge in [-0.2, -0.15) is 0 Å². The Morgan fingerprint density at radius 1 is 1.50 bits per heavy atom. The summed E-state index contributed by atoms with van der Waals surface area (Å²) in [5, 5.41) is 9.02. The fourth-order valence-electron chi connectivity index (χ4n) is 3.39. The van der Waals surface area contributed by atoms with Crippen molar-refractivity contribution in [2.75, 3.05) is 19.8 Å². The number of benzene rings is 1. The van der Waals surface area contributed by atoms with Gasteiger partial charge in [0.15, 0.2) is 0 Å². The Morgan fingerprint density at radius 3 is 3.15 bits per heavy atom. The predicted octanol–water partition coefficient (Wildman–Crippen LogP) is 1.99. The number of hydrogen-bond acceptors (Lipinski definition) is 3. The molecule has 0 spiro atoms. The number of hydrogen-bond donors (Lipinski definition) is 1. The number of morpholine rings is 1. The molecule has 2 aliphatic rings. The second-order valence-electron chi connectivity index (χ2n) is 5.43. The van der Waals surface area contributed by atoms with Crippen LogP contribution in [0.15, 0.2) is 18.2 Å². The molecule has 0 amide bonds. The van der Waals surface area contributed by atoms with E-state index < -0.39 is 5.97 Å². The van der Waals surface area contributed by atoms with Crippen LogP contribution in [0.5, 0.6) is 0 Å². The maximum absolute atomic E-state index is 13.8. The maximum Gasteiger partial charge on any atom is 0.305 e. The second-order valence-corrected chi connectivity index (χ2v) is 5.43. The van der Waals surface area contributed by atoms with E-state index in [0.29, 0.717) is 19.8 Å². The molecule has 0 saturated carbocycles. The quantitative estimate of drug-likeness (QED) is 0.919. The van der Waals surface area contributed by atoms with Crippen LogP contribution in [0, 0.1) is 5.82 Å². The van der Waals surface area contributed by atoms with Gasteiger partial charge in [0.25, 0.3) is 0 Å². The highest BCUT2D eigenvalue weighted by Crippen LogP contribution is 2.38. The maximum atomic E-state index is 13.8. The highest BCUT2D eigenvalue weighted by molar-refractivity contribution is 5.67. The Morgan fingerprint density at radius 2 is 2.35 bits per heavy atom. The molecule has 2 atom stereocenters. The molecular weight excluding hydrogens is 261 g/mol. The first-order valence-corrected chi connectivity index (χ1v) is 6.99. The zero-order valence-electron chi connectivity index (χ0n) is 11.2. The van der Waals surface area contributed by atoms with Gasteiger partial charge in [0.05, 0.1) is 19.6 Å². The smallest absolute Gasteiger partial charge is 0.305 e. The molecule has 0 aromatic heterocycles. The lowest BCUT2D eigenvalue weighted by Gasteiger charge is -2.39. The van der Waals surface area contributed by atoms with Crippen LogP contribution in [0.2, 0.25) is 0 Å². The summed E-state index contributed by atoms with van der Waals surface area (Å²) >= 11 is 0. The Bertz CT molecular complexity index is 520. The van der Waals surface area contributed by atoms with Gasteiger partial charge in [-0.3, -0.25) is 9.69 Å². The Labute approximate surface area is 117 Å². The van der Waals surface area contributed by atoms with Crippen LogP contribution in [0.4, 0.5) is 4.39 Å². The molecule has 108 valence electrons. The SMILES string of the molecule is O=C(O)CC1COCCN1C1CCc2c(F)cccc21. The molecule has 1 aromatic rings. The van der Waals surface area contributed by atoms with Gasteiger partial charge < -0.3 is 9.84 Å². The molecule has 5 heteroatoms. The van der Waals surface area contributed by atoms with Crippen LogP contribution in [0.3, 0.4) is 0 Å². The van der Waals surface area contributed by atoms with Gasteiger partial charge in [-0.15, -0.1) is 0 Å². The summed E-state index contributed by atoms with van der Waals surface area (Å²) in [6.07, 6.45) is 1.65. The Kier molecular flexibility index (Phi) is 3.72. The fraction of sp³-hybridized carbons (Fsp3) is 0.533. The Balaban J connectivity index is 1.85. The minimum Gasteiger partial charge on any atom is -0.481 e. The van der Waals surface area contributed by atoms with E-state index in [1.54, 1.807) is 6.07 Å². The third kappa shape index (κ3) is 2.43. The first-order valence-electron chi connectivity index (χ1n) is 6.99. The number of halogens is 1. The molecule has 1 N–H and O–H groups in total. The Hall–Kier alpha value is -1.46. The van der Waals surface area contributed by atoms with Crippen molar-refractivity contribution in [3.05, 3.63) is 35.1 Å². The zero-order chi connectivity index (χ0) is 14.1. The number of carbonyl (C=O) groups is 1. The number of ether oxygens (including phenoxy) is 1. The third-order valence-electron chi connectivity index (χ3n) is 4.27. The van der Waals surface area contributed by atoms with Crippen molar-refractivity contribution in [3.63, 3.8) is 0 Å². The van der Waals surface area contributed by atoms with E-state index in [1.807, 2.05) is 6.07 Å². The molecule has 1 aliphatic carbocycles. The van der Waals surface area contributed by atoms with Crippen molar-refractivity contribution in [2.24, 2.45) is 0 Å². The summed E-state index contributed by atoms with van der Waals surface area (Å²) in [5.41, 5.74) is 1.81. The van der Waals surface area contributed by atoms with E-state index in [-0.39, 0.29) is 24.3 Å². The van der Waals surface area contributed by atoms with Gasteiger partial charge >= 0.3 is 5.97 Å². The van der Waals surface area contributed by atoms with Crippen LogP contribution < -0.4 is 0 Å². The highest BCUT2D eigenvalue weighted by Gasteiger charge is 2.35. The average molecular weight is 279 g/mol. The number of rotatable bonds is 3. The molecule has 1 heterocycles. The van der Waals surface area contributed by atoms with Crippen molar-refractivity contribution in [1.82, 2.24) is 4.90 Å².